The quantitative estimate of drug-likeness (QED) is 0.353. The van der Waals surface area contributed by atoms with Gasteiger partial charge in [0.2, 0.25) is 0 Å². The van der Waals surface area contributed by atoms with Gasteiger partial charge in [-0.3, -0.25) is 4.79 Å². The van der Waals surface area contributed by atoms with Crippen molar-refractivity contribution in [3.63, 3.8) is 0 Å². The Kier molecular flexibility index (Phi) is 6.27. The topological polar surface area (TPSA) is 52.6 Å². The molecule has 0 aromatic heterocycles. The highest BCUT2D eigenvalue weighted by Gasteiger charge is 2.38. The molecule has 0 bridgehead atoms. The van der Waals surface area contributed by atoms with E-state index in [4.69, 9.17) is 0 Å². The Morgan fingerprint density at radius 1 is 1.11 bits per heavy atom. The van der Waals surface area contributed by atoms with Crippen LogP contribution in [0.3, 0.4) is 0 Å². The van der Waals surface area contributed by atoms with Crippen LogP contribution in [-0.4, -0.2) is 36.6 Å². The van der Waals surface area contributed by atoms with Crippen LogP contribution in [0.2, 0.25) is 0 Å². The van der Waals surface area contributed by atoms with Crippen LogP contribution in [0.1, 0.15) is 6.42 Å². The average Bonchev–Trinajstić information content (AvgIpc) is 2.23. The van der Waals surface area contributed by atoms with Gasteiger partial charge in [-0.15, -0.1) is 12.6 Å². The SMILES string of the molecule is C=C(C(=O)OCCC(=O)OCC(F)(F)S)C(F)(F)F. The second kappa shape index (κ2) is 6.73. The van der Waals surface area contributed by atoms with Crippen molar-refractivity contribution in [3.8, 4) is 0 Å². The van der Waals surface area contributed by atoms with Crippen molar-refractivity contribution in [2.24, 2.45) is 0 Å². The Morgan fingerprint density at radius 3 is 2.05 bits per heavy atom. The van der Waals surface area contributed by atoms with Crippen LogP contribution < -0.4 is 0 Å². The van der Waals surface area contributed by atoms with Crippen molar-refractivity contribution in [2.45, 2.75) is 17.9 Å². The van der Waals surface area contributed by atoms with E-state index in [2.05, 4.69) is 28.7 Å². The number of halogens is 5. The van der Waals surface area contributed by atoms with Gasteiger partial charge in [0, 0.05) is 0 Å². The predicted molar refractivity (Wildman–Crippen MR) is 55.7 cm³/mol. The first-order chi connectivity index (χ1) is 8.43. The van der Waals surface area contributed by atoms with Crippen molar-refractivity contribution >= 4 is 24.6 Å². The number of alkyl halides is 5. The molecule has 0 spiro atoms. The molecule has 0 aliphatic carbocycles. The Bertz CT molecular complexity index is 361. The molecular formula is C9H9F5O4S. The minimum absolute atomic E-state index is 0.666. The Labute approximate surface area is 110 Å². The summed E-state index contributed by atoms with van der Waals surface area (Å²) in [5.41, 5.74) is -1.73. The van der Waals surface area contributed by atoms with E-state index in [9.17, 15) is 31.5 Å². The highest BCUT2D eigenvalue weighted by Crippen LogP contribution is 2.24. The number of hydrogen-bond acceptors (Lipinski definition) is 5. The maximum absolute atomic E-state index is 12.1. The van der Waals surface area contributed by atoms with Crippen molar-refractivity contribution in [1.82, 2.24) is 0 Å². The molecule has 0 aliphatic rings. The minimum atomic E-state index is -4.94. The van der Waals surface area contributed by atoms with E-state index in [-0.39, 0.29) is 0 Å². The molecule has 0 saturated heterocycles. The molecule has 0 fully saturated rings. The smallest absolute Gasteiger partial charge is 0.422 e. The second-order valence-electron chi connectivity index (χ2n) is 3.19. The Hall–Kier alpha value is -1.32. The molecule has 0 atom stereocenters. The molecule has 0 heterocycles. The zero-order valence-electron chi connectivity index (χ0n) is 9.30. The van der Waals surface area contributed by atoms with Gasteiger partial charge in [0.05, 0.1) is 6.42 Å². The summed E-state index contributed by atoms with van der Waals surface area (Å²) in [6.07, 6.45) is -5.60. The minimum Gasteiger partial charge on any atom is -0.461 e. The van der Waals surface area contributed by atoms with E-state index >= 15 is 0 Å². The molecule has 0 aromatic rings. The van der Waals surface area contributed by atoms with Gasteiger partial charge in [-0.25, -0.2) is 4.79 Å². The number of ether oxygens (including phenoxy) is 2. The molecule has 0 radical (unpaired) electrons. The lowest BCUT2D eigenvalue weighted by atomic mass is 10.3. The third kappa shape index (κ3) is 8.41. The first kappa shape index (κ1) is 17.7. The summed E-state index contributed by atoms with van der Waals surface area (Å²) >= 11 is 2.78. The number of hydrogen-bond donors (Lipinski definition) is 1. The fourth-order valence-corrected chi connectivity index (χ4v) is 0.734. The summed E-state index contributed by atoms with van der Waals surface area (Å²) in [5, 5.41) is -3.52. The highest BCUT2D eigenvalue weighted by molar-refractivity contribution is 7.81. The largest absolute Gasteiger partial charge is 0.461 e. The first-order valence-electron chi connectivity index (χ1n) is 4.62. The van der Waals surface area contributed by atoms with Crippen LogP contribution in [0.15, 0.2) is 12.2 Å². The van der Waals surface area contributed by atoms with E-state index in [0.717, 1.165) is 0 Å². The monoisotopic (exact) mass is 308 g/mol. The lowest BCUT2D eigenvalue weighted by molar-refractivity contribution is -0.155. The van der Waals surface area contributed by atoms with Crippen molar-refractivity contribution in [3.05, 3.63) is 12.2 Å². The zero-order chi connectivity index (χ0) is 15.3. The first-order valence-corrected chi connectivity index (χ1v) is 5.07. The molecule has 0 rings (SSSR count). The number of carbonyl (C=O) groups excluding carboxylic acids is 2. The normalized spacial score (nSPS) is 11.9. The molecule has 110 valence electrons. The Morgan fingerprint density at radius 2 is 1.63 bits per heavy atom. The van der Waals surface area contributed by atoms with Gasteiger partial charge in [0.25, 0.3) is 0 Å². The maximum Gasteiger partial charge on any atom is 0.422 e. The molecule has 0 aliphatic heterocycles. The summed E-state index contributed by atoms with van der Waals surface area (Å²) in [4.78, 5) is 21.6. The number of thiol groups is 1. The second-order valence-corrected chi connectivity index (χ2v) is 3.84. The van der Waals surface area contributed by atoms with Gasteiger partial charge in [-0.2, -0.15) is 22.0 Å². The standard InChI is InChI=1S/C9H9F5O4S/c1-5(9(12,13)14)7(16)17-3-2-6(15)18-4-8(10,11)19/h19H,1-4H2. The molecule has 4 nitrogen and oxygen atoms in total. The fraction of sp³-hybridized carbons (Fsp3) is 0.556. The van der Waals surface area contributed by atoms with E-state index in [0.29, 0.717) is 0 Å². The summed E-state index contributed by atoms with van der Waals surface area (Å²) < 4.78 is 68.2. The van der Waals surface area contributed by atoms with Gasteiger partial charge in [0.1, 0.15) is 12.2 Å². The Balaban J connectivity index is 3.95. The predicted octanol–water partition coefficient (Wildman–Crippen LogP) is 2.10. The summed E-state index contributed by atoms with van der Waals surface area (Å²) in [6.45, 7) is 0.429. The van der Waals surface area contributed by atoms with Gasteiger partial charge in [0.15, 0.2) is 6.61 Å². The molecule has 10 heteroatoms. The van der Waals surface area contributed by atoms with E-state index in [1.165, 1.54) is 0 Å². The summed E-state index contributed by atoms with van der Waals surface area (Å²) in [5.74, 6) is -2.92. The number of esters is 2. The number of carbonyl (C=O) groups is 2. The third-order valence-corrected chi connectivity index (χ3v) is 1.66. The lowest BCUT2D eigenvalue weighted by Crippen LogP contribution is -2.23. The number of rotatable bonds is 6. The molecule has 0 amide bonds. The van der Waals surface area contributed by atoms with Crippen LogP contribution in [-0.2, 0) is 19.1 Å². The highest BCUT2D eigenvalue weighted by atomic mass is 32.1. The fourth-order valence-electron chi connectivity index (χ4n) is 0.669. The van der Waals surface area contributed by atoms with Gasteiger partial charge >= 0.3 is 23.4 Å². The molecule has 0 N–H and O–H groups in total. The lowest BCUT2D eigenvalue weighted by Gasteiger charge is -2.11. The van der Waals surface area contributed by atoms with Crippen molar-refractivity contribution in [1.29, 1.82) is 0 Å². The van der Waals surface area contributed by atoms with Crippen LogP contribution >= 0.6 is 12.6 Å². The van der Waals surface area contributed by atoms with Gasteiger partial charge in [-0.05, 0) is 0 Å². The molecule has 19 heavy (non-hydrogen) atoms. The third-order valence-electron chi connectivity index (χ3n) is 1.53. The summed E-state index contributed by atoms with van der Waals surface area (Å²) in [7, 11) is 0. The molecule has 0 aromatic carbocycles. The van der Waals surface area contributed by atoms with Crippen molar-refractivity contribution < 1.29 is 41.0 Å². The van der Waals surface area contributed by atoms with Crippen LogP contribution in [0.4, 0.5) is 22.0 Å². The molecule has 0 unspecified atom stereocenters. The molecular weight excluding hydrogens is 299 g/mol. The van der Waals surface area contributed by atoms with Crippen LogP contribution in [0.25, 0.3) is 0 Å². The van der Waals surface area contributed by atoms with E-state index in [1.807, 2.05) is 0 Å². The average molecular weight is 308 g/mol. The van der Waals surface area contributed by atoms with E-state index < -0.39 is 48.6 Å². The van der Waals surface area contributed by atoms with Gasteiger partial charge < -0.3 is 9.47 Å². The van der Waals surface area contributed by atoms with Crippen molar-refractivity contribution in [2.75, 3.05) is 13.2 Å². The van der Waals surface area contributed by atoms with Crippen LogP contribution in [0, 0.1) is 0 Å². The summed E-state index contributed by atoms with van der Waals surface area (Å²) in [6, 6.07) is 0. The van der Waals surface area contributed by atoms with Crippen LogP contribution in [0.5, 0.6) is 0 Å². The molecule has 0 saturated carbocycles. The zero-order valence-corrected chi connectivity index (χ0v) is 10.2. The van der Waals surface area contributed by atoms with E-state index in [1.54, 1.807) is 0 Å². The van der Waals surface area contributed by atoms with Gasteiger partial charge in [-0.1, -0.05) is 6.58 Å². The maximum atomic E-state index is 12.1.